The maximum Gasteiger partial charge on any atom is 0.00507 e. The molecule has 0 atom stereocenters. The van der Waals surface area contributed by atoms with E-state index >= 15 is 0 Å². The van der Waals surface area contributed by atoms with E-state index in [2.05, 4.69) is 57.6 Å². The van der Waals surface area contributed by atoms with Crippen molar-refractivity contribution in [1.82, 2.24) is 0 Å². The second-order valence-electron chi connectivity index (χ2n) is 3.81. The standard InChI is InChI=1S/C11H15/c1-11(2,3)10-8-6-4-5-7-9-10/h4-9H,1-3H3. The molecule has 11 heavy (non-hydrogen) atoms. The van der Waals surface area contributed by atoms with Crippen molar-refractivity contribution in [2.24, 2.45) is 5.41 Å². The van der Waals surface area contributed by atoms with Crippen LogP contribution < -0.4 is 0 Å². The minimum Gasteiger partial charge on any atom is -0.0767 e. The lowest BCUT2D eigenvalue weighted by atomic mass is 9.86. The lowest BCUT2D eigenvalue weighted by Crippen LogP contribution is -2.06. The summed E-state index contributed by atoms with van der Waals surface area (Å²) < 4.78 is 0. The topological polar surface area (TPSA) is 0 Å². The van der Waals surface area contributed by atoms with Crippen LogP contribution >= 0.6 is 0 Å². The summed E-state index contributed by atoms with van der Waals surface area (Å²) in [5.74, 6) is 0. The fourth-order valence-electron chi connectivity index (χ4n) is 1.00. The van der Waals surface area contributed by atoms with Gasteiger partial charge in [-0.3, -0.25) is 0 Å². The molecule has 0 bridgehead atoms. The summed E-state index contributed by atoms with van der Waals surface area (Å²) in [4.78, 5) is 0. The van der Waals surface area contributed by atoms with Crippen LogP contribution in [0.2, 0.25) is 0 Å². The predicted octanol–water partition coefficient (Wildman–Crippen LogP) is 3.29. The third kappa shape index (κ3) is 2.38. The highest BCUT2D eigenvalue weighted by Crippen LogP contribution is 2.27. The van der Waals surface area contributed by atoms with Gasteiger partial charge in [0, 0.05) is 6.42 Å². The largest absolute Gasteiger partial charge is 0.0767 e. The molecule has 0 fully saturated rings. The van der Waals surface area contributed by atoms with Gasteiger partial charge in [0.05, 0.1) is 0 Å². The molecule has 0 nitrogen and oxygen atoms in total. The predicted molar refractivity (Wildman–Crippen MR) is 50.1 cm³/mol. The van der Waals surface area contributed by atoms with Gasteiger partial charge in [0.1, 0.15) is 0 Å². The van der Waals surface area contributed by atoms with Gasteiger partial charge < -0.3 is 0 Å². The van der Waals surface area contributed by atoms with Crippen LogP contribution in [-0.4, -0.2) is 0 Å². The molecule has 1 aliphatic rings. The molecule has 0 spiro atoms. The molecule has 0 aromatic rings. The summed E-state index contributed by atoms with van der Waals surface area (Å²) in [6, 6.07) is 0. The summed E-state index contributed by atoms with van der Waals surface area (Å²) in [6.45, 7) is 6.67. The van der Waals surface area contributed by atoms with E-state index in [4.69, 9.17) is 0 Å². The zero-order valence-corrected chi connectivity index (χ0v) is 7.46. The molecular formula is C11H15. The van der Waals surface area contributed by atoms with Gasteiger partial charge in [0.2, 0.25) is 0 Å². The van der Waals surface area contributed by atoms with E-state index < -0.39 is 0 Å². The van der Waals surface area contributed by atoms with Crippen LogP contribution in [0.4, 0.5) is 0 Å². The third-order valence-corrected chi connectivity index (χ3v) is 1.75. The molecule has 0 heterocycles. The SMILES string of the molecule is CC(C)(C)C1=CC=C[CH]C=C1. The molecule has 1 rings (SSSR count). The van der Waals surface area contributed by atoms with Gasteiger partial charge in [-0.2, -0.15) is 0 Å². The lowest BCUT2D eigenvalue weighted by Gasteiger charge is -2.19. The first-order valence-corrected chi connectivity index (χ1v) is 3.99. The molecular weight excluding hydrogens is 132 g/mol. The Bertz CT molecular complexity index is 209. The van der Waals surface area contributed by atoms with Gasteiger partial charge in [-0.1, -0.05) is 51.2 Å². The first kappa shape index (κ1) is 8.32. The van der Waals surface area contributed by atoms with E-state index in [0.29, 0.717) is 0 Å². The van der Waals surface area contributed by atoms with Crippen molar-refractivity contribution in [2.45, 2.75) is 20.8 Å². The number of hydrogen-bond donors (Lipinski definition) is 0. The van der Waals surface area contributed by atoms with Gasteiger partial charge in [-0.25, -0.2) is 0 Å². The summed E-state index contributed by atoms with van der Waals surface area (Å²) in [7, 11) is 0. The minimum absolute atomic E-state index is 0.263. The van der Waals surface area contributed by atoms with E-state index in [-0.39, 0.29) is 5.41 Å². The molecule has 1 aliphatic carbocycles. The van der Waals surface area contributed by atoms with Crippen molar-refractivity contribution in [3.8, 4) is 0 Å². The van der Waals surface area contributed by atoms with Crippen molar-refractivity contribution >= 4 is 0 Å². The zero-order valence-electron chi connectivity index (χ0n) is 7.46. The Hall–Kier alpha value is -0.780. The number of rotatable bonds is 0. The fraction of sp³-hybridized carbons (Fsp3) is 0.364. The van der Waals surface area contributed by atoms with Crippen molar-refractivity contribution in [2.75, 3.05) is 0 Å². The van der Waals surface area contributed by atoms with Crippen LogP contribution in [0.3, 0.4) is 0 Å². The van der Waals surface area contributed by atoms with E-state index in [1.165, 1.54) is 5.57 Å². The van der Waals surface area contributed by atoms with Crippen LogP contribution in [0, 0.1) is 11.8 Å². The fourth-order valence-corrected chi connectivity index (χ4v) is 1.00. The maximum atomic E-state index is 2.22. The summed E-state index contributed by atoms with van der Waals surface area (Å²) in [5.41, 5.74) is 1.64. The Labute approximate surface area is 69.3 Å². The molecule has 0 aromatic heterocycles. The monoisotopic (exact) mass is 147 g/mol. The van der Waals surface area contributed by atoms with Crippen LogP contribution in [0.25, 0.3) is 0 Å². The third-order valence-electron chi connectivity index (χ3n) is 1.75. The van der Waals surface area contributed by atoms with Gasteiger partial charge in [0.25, 0.3) is 0 Å². The van der Waals surface area contributed by atoms with Crippen molar-refractivity contribution < 1.29 is 0 Å². The molecule has 0 aliphatic heterocycles. The lowest BCUT2D eigenvalue weighted by molar-refractivity contribution is 0.517. The Balaban J connectivity index is 2.86. The molecule has 0 saturated carbocycles. The molecule has 1 radical (unpaired) electrons. The molecule has 0 saturated heterocycles. The Morgan fingerprint density at radius 3 is 2.36 bits per heavy atom. The molecule has 0 N–H and O–H groups in total. The zero-order chi connectivity index (χ0) is 8.32. The molecule has 59 valence electrons. The molecule has 0 amide bonds. The van der Waals surface area contributed by atoms with Crippen molar-refractivity contribution in [3.63, 3.8) is 0 Å². The second kappa shape index (κ2) is 3.08. The number of hydrogen-bond acceptors (Lipinski definition) is 0. The van der Waals surface area contributed by atoms with Crippen LogP contribution in [0.5, 0.6) is 0 Å². The second-order valence-corrected chi connectivity index (χ2v) is 3.81. The van der Waals surface area contributed by atoms with Crippen LogP contribution in [0.1, 0.15) is 20.8 Å². The smallest absolute Gasteiger partial charge is 0.00507 e. The highest BCUT2D eigenvalue weighted by molar-refractivity contribution is 5.34. The highest BCUT2D eigenvalue weighted by Gasteiger charge is 2.13. The molecule has 0 aromatic carbocycles. The van der Waals surface area contributed by atoms with E-state index in [1.54, 1.807) is 0 Å². The molecule has 0 heteroatoms. The first-order chi connectivity index (χ1) is 5.11. The van der Waals surface area contributed by atoms with Gasteiger partial charge in [-0.15, -0.1) is 0 Å². The summed E-state index contributed by atoms with van der Waals surface area (Å²) >= 11 is 0. The van der Waals surface area contributed by atoms with Gasteiger partial charge in [0.15, 0.2) is 0 Å². The van der Waals surface area contributed by atoms with E-state index in [0.717, 1.165) is 0 Å². The van der Waals surface area contributed by atoms with Gasteiger partial charge >= 0.3 is 0 Å². The Kier molecular flexibility index (Phi) is 2.33. The highest BCUT2D eigenvalue weighted by atomic mass is 14.2. The van der Waals surface area contributed by atoms with Crippen molar-refractivity contribution in [3.05, 3.63) is 42.4 Å². The van der Waals surface area contributed by atoms with Crippen LogP contribution in [-0.2, 0) is 0 Å². The normalized spacial score (nSPS) is 17.9. The number of allylic oxidation sites excluding steroid dienone is 6. The average molecular weight is 147 g/mol. The maximum absolute atomic E-state index is 2.22. The van der Waals surface area contributed by atoms with E-state index in [9.17, 15) is 0 Å². The minimum atomic E-state index is 0.263. The van der Waals surface area contributed by atoms with Crippen molar-refractivity contribution in [1.29, 1.82) is 0 Å². The Morgan fingerprint density at radius 2 is 1.73 bits per heavy atom. The quantitative estimate of drug-likeness (QED) is 0.493. The average Bonchev–Trinajstić information content (AvgIpc) is 2.10. The van der Waals surface area contributed by atoms with Gasteiger partial charge in [-0.05, 0) is 11.0 Å². The summed E-state index contributed by atoms with van der Waals surface area (Å²) in [5, 5.41) is 0. The van der Waals surface area contributed by atoms with E-state index in [1.807, 2.05) is 0 Å². The molecule has 0 unspecified atom stereocenters. The Morgan fingerprint density at radius 1 is 1.00 bits per heavy atom. The van der Waals surface area contributed by atoms with Crippen LogP contribution in [0.15, 0.2) is 36.0 Å². The first-order valence-electron chi connectivity index (χ1n) is 3.99. The summed E-state index contributed by atoms with van der Waals surface area (Å²) in [6.07, 6.45) is 12.6.